The van der Waals surface area contributed by atoms with E-state index in [0.717, 1.165) is 5.56 Å². The standard InChI is InChI=1S/C12H16N2O4/c1-16-9-5-4-7(8-6-13-12(15)14-8)10(17-2)11(9)18-3/h4-5,8H,6H2,1-3H3,(H2,13,14,15)/t8-/m1/s1. The molecule has 1 fully saturated rings. The molecule has 2 N–H and O–H groups in total. The molecule has 0 radical (unpaired) electrons. The minimum Gasteiger partial charge on any atom is -0.493 e. The van der Waals surface area contributed by atoms with E-state index in [-0.39, 0.29) is 12.1 Å². The molecule has 1 saturated heterocycles. The maximum atomic E-state index is 11.2. The highest BCUT2D eigenvalue weighted by atomic mass is 16.5. The van der Waals surface area contributed by atoms with E-state index in [1.54, 1.807) is 27.4 Å². The van der Waals surface area contributed by atoms with Crippen molar-refractivity contribution in [1.29, 1.82) is 0 Å². The Balaban J connectivity index is 2.44. The van der Waals surface area contributed by atoms with Crippen LogP contribution in [0.25, 0.3) is 0 Å². The lowest BCUT2D eigenvalue weighted by Gasteiger charge is -2.18. The Bertz CT molecular complexity index is 462. The molecule has 18 heavy (non-hydrogen) atoms. The van der Waals surface area contributed by atoms with Crippen molar-refractivity contribution in [2.75, 3.05) is 27.9 Å². The minimum atomic E-state index is -0.183. The number of hydrogen-bond donors (Lipinski definition) is 2. The molecule has 2 rings (SSSR count). The molecule has 6 nitrogen and oxygen atoms in total. The molecular weight excluding hydrogens is 236 g/mol. The van der Waals surface area contributed by atoms with Gasteiger partial charge in [0, 0.05) is 12.1 Å². The van der Waals surface area contributed by atoms with Crippen LogP contribution in [0.15, 0.2) is 12.1 Å². The number of rotatable bonds is 4. The second kappa shape index (κ2) is 5.03. The van der Waals surface area contributed by atoms with Crippen molar-refractivity contribution in [3.05, 3.63) is 17.7 Å². The number of carbonyl (C=O) groups is 1. The quantitative estimate of drug-likeness (QED) is 0.841. The van der Waals surface area contributed by atoms with Crippen molar-refractivity contribution >= 4 is 6.03 Å². The van der Waals surface area contributed by atoms with Gasteiger partial charge in [0.2, 0.25) is 5.75 Å². The maximum absolute atomic E-state index is 11.2. The smallest absolute Gasteiger partial charge is 0.315 e. The van der Waals surface area contributed by atoms with Crippen molar-refractivity contribution in [2.24, 2.45) is 0 Å². The van der Waals surface area contributed by atoms with E-state index in [1.807, 2.05) is 6.07 Å². The monoisotopic (exact) mass is 252 g/mol. The Morgan fingerprint density at radius 3 is 2.33 bits per heavy atom. The molecule has 0 bridgehead atoms. The number of amides is 2. The minimum absolute atomic E-state index is 0.132. The lowest BCUT2D eigenvalue weighted by Crippen LogP contribution is -2.22. The van der Waals surface area contributed by atoms with Crippen LogP contribution in [0, 0.1) is 0 Å². The summed E-state index contributed by atoms with van der Waals surface area (Å²) >= 11 is 0. The van der Waals surface area contributed by atoms with Crippen LogP contribution < -0.4 is 24.8 Å². The predicted octanol–water partition coefficient (Wildman–Crippen LogP) is 1.07. The second-order valence-electron chi connectivity index (χ2n) is 3.83. The normalized spacial score (nSPS) is 17.9. The highest BCUT2D eigenvalue weighted by molar-refractivity contribution is 5.77. The van der Waals surface area contributed by atoms with Gasteiger partial charge in [0.1, 0.15) is 0 Å². The molecule has 1 aliphatic heterocycles. The van der Waals surface area contributed by atoms with Crippen molar-refractivity contribution in [3.63, 3.8) is 0 Å². The first-order valence-corrected chi connectivity index (χ1v) is 5.54. The molecule has 2 amide bonds. The summed E-state index contributed by atoms with van der Waals surface area (Å²) in [4.78, 5) is 11.2. The van der Waals surface area contributed by atoms with Crippen LogP contribution in [0.4, 0.5) is 4.79 Å². The SMILES string of the molecule is COc1ccc([C@H]2CNC(=O)N2)c(OC)c1OC. The van der Waals surface area contributed by atoms with E-state index >= 15 is 0 Å². The number of benzene rings is 1. The van der Waals surface area contributed by atoms with Gasteiger partial charge < -0.3 is 24.8 Å². The fourth-order valence-electron chi connectivity index (χ4n) is 2.04. The summed E-state index contributed by atoms with van der Waals surface area (Å²) < 4.78 is 15.9. The number of ether oxygens (including phenoxy) is 3. The van der Waals surface area contributed by atoms with E-state index in [1.165, 1.54) is 0 Å². The Morgan fingerprint density at radius 2 is 1.83 bits per heavy atom. The molecule has 6 heteroatoms. The molecule has 1 aromatic carbocycles. The Hall–Kier alpha value is -2.11. The average molecular weight is 252 g/mol. The highest BCUT2D eigenvalue weighted by Crippen LogP contribution is 2.42. The summed E-state index contributed by atoms with van der Waals surface area (Å²) in [6.07, 6.45) is 0. The van der Waals surface area contributed by atoms with Gasteiger partial charge >= 0.3 is 6.03 Å². The first-order valence-electron chi connectivity index (χ1n) is 5.54. The van der Waals surface area contributed by atoms with Crippen molar-refractivity contribution in [2.45, 2.75) is 6.04 Å². The number of nitrogens with one attached hydrogen (secondary N) is 2. The molecular formula is C12H16N2O4. The number of urea groups is 1. The Kier molecular flexibility index (Phi) is 3.45. The lowest BCUT2D eigenvalue weighted by atomic mass is 10.1. The average Bonchev–Trinajstić information content (AvgIpc) is 2.83. The summed E-state index contributed by atoms with van der Waals surface area (Å²) in [6.45, 7) is 0.519. The second-order valence-corrected chi connectivity index (χ2v) is 3.83. The van der Waals surface area contributed by atoms with Crippen molar-refractivity contribution in [1.82, 2.24) is 10.6 Å². The molecule has 0 spiro atoms. The van der Waals surface area contributed by atoms with Crippen LogP contribution in [-0.2, 0) is 0 Å². The zero-order chi connectivity index (χ0) is 13.1. The van der Waals surface area contributed by atoms with E-state index in [4.69, 9.17) is 14.2 Å². The van der Waals surface area contributed by atoms with Crippen molar-refractivity contribution < 1.29 is 19.0 Å². The van der Waals surface area contributed by atoms with Crippen LogP contribution in [0.3, 0.4) is 0 Å². The Morgan fingerprint density at radius 1 is 1.11 bits per heavy atom. The summed E-state index contributed by atoms with van der Waals surface area (Å²) in [5.41, 5.74) is 0.855. The third-order valence-corrected chi connectivity index (χ3v) is 2.88. The van der Waals surface area contributed by atoms with Gasteiger partial charge in [0.25, 0.3) is 0 Å². The van der Waals surface area contributed by atoms with Crippen LogP contribution in [0.1, 0.15) is 11.6 Å². The lowest BCUT2D eigenvalue weighted by molar-refractivity contribution is 0.247. The summed E-state index contributed by atoms with van der Waals surface area (Å²) in [7, 11) is 4.68. The number of hydrogen-bond acceptors (Lipinski definition) is 4. The van der Waals surface area contributed by atoms with E-state index < -0.39 is 0 Å². The molecule has 0 saturated carbocycles. The first kappa shape index (κ1) is 12.3. The van der Waals surface area contributed by atoms with Gasteiger partial charge in [-0.1, -0.05) is 0 Å². The molecule has 0 aliphatic carbocycles. The summed E-state index contributed by atoms with van der Waals surface area (Å²) in [5.74, 6) is 1.69. The van der Waals surface area contributed by atoms with Gasteiger partial charge in [-0.25, -0.2) is 4.79 Å². The van der Waals surface area contributed by atoms with Crippen LogP contribution in [-0.4, -0.2) is 33.9 Å². The van der Waals surface area contributed by atoms with Crippen molar-refractivity contribution in [3.8, 4) is 17.2 Å². The maximum Gasteiger partial charge on any atom is 0.315 e. The molecule has 1 atom stereocenters. The fraction of sp³-hybridized carbons (Fsp3) is 0.417. The molecule has 1 aromatic rings. The van der Waals surface area contributed by atoms with Gasteiger partial charge in [0.05, 0.1) is 27.4 Å². The summed E-state index contributed by atoms with van der Waals surface area (Å²) in [6, 6.07) is 3.34. The molecule has 98 valence electrons. The van der Waals surface area contributed by atoms with Gasteiger partial charge in [0.15, 0.2) is 11.5 Å². The predicted molar refractivity (Wildman–Crippen MR) is 65.4 cm³/mol. The fourth-order valence-corrected chi connectivity index (χ4v) is 2.04. The number of carbonyl (C=O) groups excluding carboxylic acids is 1. The molecule has 0 aromatic heterocycles. The van der Waals surface area contributed by atoms with Crippen LogP contribution >= 0.6 is 0 Å². The van der Waals surface area contributed by atoms with Gasteiger partial charge in [-0.05, 0) is 12.1 Å². The zero-order valence-electron chi connectivity index (χ0n) is 10.6. The highest BCUT2D eigenvalue weighted by Gasteiger charge is 2.27. The van der Waals surface area contributed by atoms with E-state index in [2.05, 4.69) is 10.6 Å². The zero-order valence-corrected chi connectivity index (χ0v) is 10.6. The molecule has 1 heterocycles. The van der Waals surface area contributed by atoms with E-state index in [0.29, 0.717) is 23.8 Å². The van der Waals surface area contributed by atoms with Crippen LogP contribution in [0.2, 0.25) is 0 Å². The van der Waals surface area contributed by atoms with Crippen LogP contribution in [0.5, 0.6) is 17.2 Å². The molecule has 0 unspecified atom stereocenters. The number of methoxy groups -OCH3 is 3. The molecule has 1 aliphatic rings. The van der Waals surface area contributed by atoms with Gasteiger partial charge in [-0.3, -0.25) is 0 Å². The third-order valence-electron chi connectivity index (χ3n) is 2.88. The Labute approximate surface area is 105 Å². The topological polar surface area (TPSA) is 68.8 Å². The first-order chi connectivity index (χ1) is 8.71. The summed E-state index contributed by atoms with van der Waals surface area (Å²) in [5, 5.41) is 5.52. The van der Waals surface area contributed by atoms with Gasteiger partial charge in [-0.2, -0.15) is 0 Å². The van der Waals surface area contributed by atoms with E-state index in [9.17, 15) is 4.79 Å². The van der Waals surface area contributed by atoms with Gasteiger partial charge in [-0.15, -0.1) is 0 Å². The third kappa shape index (κ3) is 2.01. The largest absolute Gasteiger partial charge is 0.493 e.